The highest BCUT2D eigenvalue weighted by Gasteiger charge is 2.20. The minimum atomic E-state index is -0.0133. The van der Waals surface area contributed by atoms with Crippen LogP contribution in [0.15, 0.2) is 4.79 Å². The molecule has 0 unspecified atom stereocenters. The first-order valence-electron chi connectivity index (χ1n) is 8.63. The molecule has 1 aromatic rings. The topological polar surface area (TPSA) is 61.5 Å². The van der Waals surface area contributed by atoms with Crippen LogP contribution in [0.1, 0.15) is 38.4 Å². The Balaban J connectivity index is 2.20. The number of methoxy groups -OCH3 is 1. The van der Waals surface area contributed by atoms with Crippen molar-refractivity contribution in [1.29, 1.82) is 0 Å². The monoisotopic (exact) mass is 322 g/mol. The van der Waals surface area contributed by atoms with Crippen molar-refractivity contribution >= 4 is 5.95 Å². The van der Waals surface area contributed by atoms with Crippen molar-refractivity contribution in [3.05, 3.63) is 21.6 Å². The average Bonchev–Trinajstić information content (AvgIpc) is 2.54. The third-order valence-electron chi connectivity index (χ3n) is 4.46. The molecule has 6 heteroatoms. The van der Waals surface area contributed by atoms with Gasteiger partial charge in [0.25, 0.3) is 5.56 Å². The van der Waals surface area contributed by atoms with Gasteiger partial charge in [-0.15, -0.1) is 0 Å². The summed E-state index contributed by atoms with van der Waals surface area (Å²) in [6.45, 7) is 11.8. The van der Waals surface area contributed by atoms with Crippen LogP contribution in [-0.2, 0) is 17.8 Å². The molecule has 0 aromatic carbocycles. The predicted molar refractivity (Wildman–Crippen MR) is 93.1 cm³/mol. The molecular formula is C17H30N4O2. The molecule has 0 amide bonds. The summed E-state index contributed by atoms with van der Waals surface area (Å²) in [7, 11) is 1.65. The van der Waals surface area contributed by atoms with Gasteiger partial charge in [0.15, 0.2) is 0 Å². The Morgan fingerprint density at radius 3 is 2.52 bits per heavy atom. The van der Waals surface area contributed by atoms with Crippen LogP contribution in [0.25, 0.3) is 0 Å². The van der Waals surface area contributed by atoms with Crippen molar-refractivity contribution in [2.24, 2.45) is 5.92 Å². The molecule has 0 radical (unpaired) electrons. The maximum absolute atomic E-state index is 12.5. The van der Waals surface area contributed by atoms with Crippen LogP contribution in [-0.4, -0.2) is 54.7 Å². The van der Waals surface area contributed by atoms with Gasteiger partial charge < -0.3 is 14.5 Å². The number of aromatic amines is 1. The van der Waals surface area contributed by atoms with Gasteiger partial charge in [0, 0.05) is 38.9 Å². The number of H-pyrrole nitrogens is 1. The molecule has 2 heterocycles. The molecule has 0 aliphatic carbocycles. The lowest BCUT2D eigenvalue weighted by Crippen LogP contribution is -2.47. The lowest BCUT2D eigenvalue weighted by atomic mass is 10.0. The smallest absolute Gasteiger partial charge is 0.255 e. The third-order valence-corrected chi connectivity index (χ3v) is 4.46. The number of rotatable bonds is 7. The molecule has 0 atom stereocenters. The average molecular weight is 322 g/mol. The van der Waals surface area contributed by atoms with E-state index in [2.05, 4.69) is 35.6 Å². The summed E-state index contributed by atoms with van der Waals surface area (Å²) in [5, 5.41) is 0. The van der Waals surface area contributed by atoms with E-state index in [1.54, 1.807) is 7.11 Å². The number of ether oxygens (including phenoxy) is 1. The summed E-state index contributed by atoms with van der Waals surface area (Å²) in [6, 6.07) is 0. The molecular weight excluding hydrogens is 292 g/mol. The normalized spacial score (nSPS) is 16.3. The summed E-state index contributed by atoms with van der Waals surface area (Å²) < 4.78 is 5.27. The minimum absolute atomic E-state index is 0.0133. The number of aromatic nitrogens is 2. The van der Waals surface area contributed by atoms with Crippen molar-refractivity contribution in [3.8, 4) is 0 Å². The fourth-order valence-corrected chi connectivity index (χ4v) is 2.90. The van der Waals surface area contributed by atoms with E-state index in [1.807, 2.05) is 0 Å². The number of hydrogen-bond acceptors (Lipinski definition) is 5. The van der Waals surface area contributed by atoms with E-state index in [0.717, 1.165) is 56.8 Å². The fourth-order valence-electron chi connectivity index (χ4n) is 2.90. The number of anilines is 1. The first kappa shape index (κ1) is 17.9. The lowest BCUT2D eigenvalue weighted by Gasteiger charge is -2.34. The zero-order valence-electron chi connectivity index (χ0n) is 14.9. The maximum atomic E-state index is 12.5. The van der Waals surface area contributed by atoms with Gasteiger partial charge in [0.1, 0.15) is 0 Å². The molecule has 23 heavy (non-hydrogen) atoms. The zero-order valence-corrected chi connectivity index (χ0v) is 14.9. The van der Waals surface area contributed by atoms with Crippen molar-refractivity contribution < 1.29 is 4.74 Å². The number of nitrogens with one attached hydrogen (secondary N) is 1. The molecule has 1 N–H and O–H groups in total. The van der Waals surface area contributed by atoms with Crippen LogP contribution >= 0.6 is 0 Å². The second-order valence-electron chi connectivity index (χ2n) is 6.60. The summed E-state index contributed by atoms with van der Waals surface area (Å²) in [4.78, 5) is 24.8. The van der Waals surface area contributed by atoms with Crippen LogP contribution in [0.5, 0.6) is 0 Å². The number of nitrogens with zero attached hydrogens (tertiary/aromatic N) is 3. The molecule has 0 spiro atoms. The molecule has 2 rings (SSSR count). The van der Waals surface area contributed by atoms with E-state index in [-0.39, 0.29) is 5.56 Å². The molecule has 130 valence electrons. The van der Waals surface area contributed by atoms with Gasteiger partial charge in [-0.2, -0.15) is 0 Å². The number of likely N-dealkylation sites (N-methyl/N-ethyl adjacent to an activating group) is 1. The van der Waals surface area contributed by atoms with Gasteiger partial charge in [-0.05, 0) is 25.3 Å². The van der Waals surface area contributed by atoms with Crippen molar-refractivity contribution in [2.75, 3.05) is 44.7 Å². The van der Waals surface area contributed by atoms with Crippen molar-refractivity contribution in [1.82, 2.24) is 14.9 Å². The Morgan fingerprint density at radius 2 is 1.96 bits per heavy atom. The van der Waals surface area contributed by atoms with E-state index in [9.17, 15) is 4.79 Å². The van der Waals surface area contributed by atoms with Gasteiger partial charge in [0.05, 0.1) is 12.3 Å². The highest BCUT2D eigenvalue weighted by atomic mass is 16.5. The highest BCUT2D eigenvalue weighted by molar-refractivity contribution is 5.34. The molecule has 1 aliphatic heterocycles. The molecule has 1 aliphatic rings. The molecule has 1 aromatic heterocycles. The van der Waals surface area contributed by atoms with Gasteiger partial charge in [-0.25, -0.2) is 4.98 Å². The molecule has 6 nitrogen and oxygen atoms in total. The predicted octanol–water partition coefficient (Wildman–Crippen LogP) is 1.65. The van der Waals surface area contributed by atoms with Gasteiger partial charge >= 0.3 is 0 Å². The van der Waals surface area contributed by atoms with Crippen LogP contribution in [0, 0.1) is 5.92 Å². The standard InChI is InChI=1S/C17H30N4O2/c1-5-20-8-10-21(11-9-20)17-18-15(12-23-4)14(16(22)19-17)7-6-13(2)3/h13H,5-12H2,1-4H3,(H,18,19,22). The van der Waals surface area contributed by atoms with Crippen LogP contribution in [0.2, 0.25) is 0 Å². The summed E-state index contributed by atoms with van der Waals surface area (Å²) in [6.07, 6.45) is 1.73. The van der Waals surface area contributed by atoms with Gasteiger partial charge in [0.2, 0.25) is 5.95 Å². The SMILES string of the molecule is CCN1CCN(c2nc(COC)c(CCC(C)C)c(=O)[nH]2)CC1. The first-order valence-corrected chi connectivity index (χ1v) is 8.63. The Morgan fingerprint density at radius 1 is 1.26 bits per heavy atom. The van der Waals surface area contributed by atoms with E-state index in [4.69, 9.17) is 9.72 Å². The molecule has 0 saturated carbocycles. The van der Waals surface area contributed by atoms with Gasteiger partial charge in [-0.3, -0.25) is 9.78 Å². The highest BCUT2D eigenvalue weighted by Crippen LogP contribution is 2.15. The fraction of sp³-hybridized carbons (Fsp3) is 0.765. The van der Waals surface area contributed by atoms with Crippen LogP contribution in [0.3, 0.4) is 0 Å². The Kier molecular flexibility index (Phi) is 6.59. The van der Waals surface area contributed by atoms with Crippen LogP contribution < -0.4 is 10.5 Å². The molecule has 1 saturated heterocycles. The molecule has 1 fully saturated rings. The van der Waals surface area contributed by atoms with Crippen LogP contribution in [0.4, 0.5) is 5.95 Å². The maximum Gasteiger partial charge on any atom is 0.255 e. The summed E-state index contributed by atoms with van der Waals surface area (Å²) in [5.41, 5.74) is 1.54. The van der Waals surface area contributed by atoms with Gasteiger partial charge in [-0.1, -0.05) is 20.8 Å². The first-order chi connectivity index (χ1) is 11.0. The number of hydrogen-bond donors (Lipinski definition) is 1. The lowest BCUT2D eigenvalue weighted by molar-refractivity contribution is 0.180. The zero-order chi connectivity index (χ0) is 16.8. The van der Waals surface area contributed by atoms with Crippen molar-refractivity contribution in [2.45, 2.75) is 40.2 Å². The Bertz CT molecular complexity index is 548. The van der Waals surface area contributed by atoms with E-state index in [1.165, 1.54) is 0 Å². The van der Waals surface area contributed by atoms with E-state index < -0.39 is 0 Å². The quantitative estimate of drug-likeness (QED) is 0.827. The minimum Gasteiger partial charge on any atom is -0.378 e. The largest absolute Gasteiger partial charge is 0.378 e. The number of piperazine rings is 1. The second-order valence-corrected chi connectivity index (χ2v) is 6.60. The van der Waals surface area contributed by atoms with Crippen molar-refractivity contribution in [3.63, 3.8) is 0 Å². The second kappa shape index (κ2) is 8.45. The summed E-state index contributed by atoms with van der Waals surface area (Å²) in [5.74, 6) is 1.25. The Labute approximate surface area is 138 Å². The summed E-state index contributed by atoms with van der Waals surface area (Å²) >= 11 is 0. The Hall–Kier alpha value is -1.40. The van der Waals surface area contributed by atoms with E-state index in [0.29, 0.717) is 18.5 Å². The third kappa shape index (κ3) is 4.78. The molecule has 0 bridgehead atoms. The van der Waals surface area contributed by atoms with E-state index >= 15 is 0 Å².